The van der Waals surface area contributed by atoms with Crippen LogP contribution in [0.4, 0.5) is 5.69 Å². The molecule has 0 amide bonds. The van der Waals surface area contributed by atoms with E-state index < -0.39 is 0 Å². The number of thiocarbonyl (C=S) groups is 1. The van der Waals surface area contributed by atoms with Gasteiger partial charge < -0.3 is 24.1 Å². The molecule has 1 fully saturated rings. The lowest BCUT2D eigenvalue weighted by Gasteiger charge is -2.31. The average molecular weight is 432 g/mol. The van der Waals surface area contributed by atoms with Gasteiger partial charge in [-0.2, -0.15) is 0 Å². The summed E-state index contributed by atoms with van der Waals surface area (Å²) in [5.41, 5.74) is 1.34. The lowest BCUT2D eigenvalue weighted by atomic mass is 10.2. The monoisotopic (exact) mass is 431 g/mol. The molecule has 0 saturated carbocycles. The molecule has 0 bridgehead atoms. The molecule has 1 aliphatic heterocycles. The Kier molecular flexibility index (Phi) is 8.24. The number of morpholine rings is 1. The predicted octanol–water partition coefficient (Wildman–Crippen LogP) is 3.30. The van der Waals surface area contributed by atoms with Gasteiger partial charge in [0.15, 0.2) is 5.11 Å². The second-order valence-corrected chi connectivity index (χ2v) is 7.50. The van der Waals surface area contributed by atoms with E-state index in [1.807, 2.05) is 31.2 Å². The van der Waals surface area contributed by atoms with Crippen LogP contribution in [0.25, 0.3) is 0 Å². The molecule has 3 rings (SSSR count). The summed E-state index contributed by atoms with van der Waals surface area (Å²) in [5.74, 6) is 1.43. The molecule has 7 nitrogen and oxygen atoms in total. The smallest absolute Gasteiger partial charge is 0.338 e. The number of anilines is 1. The molecule has 0 spiro atoms. The van der Waals surface area contributed by atoms with Crippen LogP contribution in [0.5, 0.6) is 0 Å². The second-order valence-electron chi connectivity index (χ2n) is 7.12. The SMILES string of the molecule is CCOC(=O)c1ccc(NC(=S)N(CCN2CCOCC2)Cc2ccc(C)o2)cc1. The van der Waals surface area contributed by atoms with Crippen LogP contribution in [0.2, 0.25) is 0 Å². The molecule has 8 heteroatoms. The summed E-state index contributed by atoms with van der Waals surface area (Å²) < 4.78 is 16.2. The van der Waals surface area contributed by atoms with Crippen molar-refractivity contribution in [3.05, 3.63) is 53.5 Å². The number of aryl methyl sites for hydroxylation is 1. The normalized spacial score (nSPS) is 14.3. The van der Waals surface area contributed by atoms with Crippen LogP contribution in [0.3, 0.4) is 0 Å². The van der Waals surface area contributed by atoms with Crippen LogP contribution in [0.1, 0.15) is 28.8 Å². The van der Waals surface area contributed by atoms with Gasteiger partial charge >= 0.3 is 5.97 Å². The van der Waals surface area contributed by atoms with E-state index in [2.05, 4.69) is 15.1 Å². The van der Waals surface area contributed by atoms with Gasteiger partial charge in [0.05, 0.1) is 31.9 Å². The fourth-order valence-corrected chi connectivity index (χ4v) is 3.48. The average Bonchev–Trinajstić information content (AvgIpc) is 3.17. The van der Waals surface area contributed by atoms with Gasteiger partial charge in [0.2, 0.25) is 0 Å². The number of esters is 1. The highest BCUT2D eigenvalue weighted by Crippen LogP contribution is 2.15. The van der Waals surface area contributed by atoms with Crippen molar-refractivity contribution in [2.45, 2.75) is 20.4 Å². The third-order valence-corrected chi connectivity index (χ3v) is 5.23. The summed E-state index contributed by atoms with van der Waals surface area (Å²) in [7, 11) is 0. The van der Waals surface area contributed by atoms with Crippen molar-refractivity contribution in [1.82, 2.24) is 9.80 Å². The molecule has 30 heavy (non-hydrogen) atoms. The van der Waals surface area contributed by atoms with Crippen LogP contribution >= 0.6 is 12.2 Å². The van der Waals surface area contributed by atoms with Crippen LogP contribution < -0.4 is 5.32 Å². The fraction of sp³-hybridized carbons (Fsp3) is 0.455. The first-order chi connectivity index (χ1) is 14.5. The van der Waals surface area contributed by atoms with Crippen LogP contribution in [0.15, 0.2) is 40.8 Å². The fourth-order valence-electron chi connectivity index (χ4n) is 3.20. The molecular weight excluding hydrogens is 402 g/mol. The molecule has 1 N–H and O–H groups in total. The minimum Gasteiger partial charge on any atom is -0.464 e. The number of furan rings is 1. The zero-order chi connectivity index (χ0) is 21.3. The predicted molar refractivity (Wildman–Crippen MR) is 120 cm³/mol. The van der Waals surface area contributed by atoms with Gasteiger partial charge in [-0.05, 0) is 62.5 Å². The van der Waals surface area contributed by atoms with E-state index in [1.54, 1.807) is 19.1 Å². The van der Waals surface area contributed by atoms with Crippen molar-refractivity contribution >= 4 is 29.0 Å². The van der Waals surface area contributed by atoms with E-state index in [1.165, 1.54) is 0 Å². The number of benzene rings is 1. The van der Waals surface area contributed by atoms with E-state index in [9.17, 15) is 4.79 Å². The first kappa shape index (κ1) is 22.3. The first-order valence-corrected chi connectivity index (χ1v) is 10.6. The van der Waals surface area contributed by atoms with E-state index in [0.29, 0.717) is 23.8 Å². The minimum absolute atomic E-state index is 0.327. The molecule has 1 aliphatic rings. The summed E-state index contributed by atoms with van der Waals surface area (Å²) in [6.45, 7) is 9.74. The zero-order valence-electron chi connectivity index (χ0n) is 17.6. The largest absolute Gasteiger partial charge is 0.464 e. The Labute approximate surface area is 182 Å². The van der Waals surface area contributed by atoms with Gasteiger partial charge in [0.25, 0.3) is 0 Å². The quantitative estimate of drug-likeness (QED) is 0.505. The number of rotatable bonds is 8. The molecule has 0 radical (unpaired) electrons. The van der Waals surface area contributed by atoms with Gasteiger partial charge in [-0.25, -0.2) is 4.79 Å². The number of carbonyl (C=O) groups is 1. The Hall–Kier alpha value is -2.42. The lowest BCUT2D eigenvalue weighted by molar-refractivity contribution is 0.0356. The summed E-state index contributed by atoms with van der Waals surface area (Å²) in [4.78, 5) is 16.3. The number of carbonyl (C=O) groups excluding carboxylic acids is 1. The van der Waals surface area contributed by atoms with Crippen molar-refractivity contribution in [2.24, 2.45) is 0 Å². The molecule has 1 aromatic carbocycles. The summed E-state index contributed by atoms with van der Waals surface area (Å²) in [6.07, 6.45) is 0. The number of ether oxygens (including phenoxy) is 2. The van der Waals surface area contributed by atoms with Crippen LogP contribution in [-0.2, 0) is 16.0 Å². The van der Waals surface area contributed by atoms with Crippen molar-refractivity contribution in [3.63, 3.8) is 0 Å². The Bertz CT molecular complexity index is 831. The zero-order valence-corrected chi connectivity index (χ0v) is 18.4. The van der Waals surface area contributed by atoms with E-state index in [4.69, 9.17) is 26.1 Å². The van der Waals surface area contributed by atoms with Gasteiger partial charge in [-0.1, -0.05) is 0 Å². The van der Waals surface area contributed by atoms with Crippen LogP contribution in [-0.4, -0.2) is 66.9 Å². The molecule has 1 saturated heterocycles. The van der Waals surface area contributed by atoms with Gasteiger partial charge in [-0.15, -0.1) is 0 Å². The molecule has 1 aromatic heterocycles. The molecule has 0 unspecified atom stereocenters. The van der Waals surface area contributed by atoms with E-state index in [0.717, 1.165) is 56.6 Å². The van der Waals surface area contributed by atoms with Gasteiger partial charge in [0.1, 0.15) is 11.5 Å². The topological polar surface area (TPSA) is 67.2 Å². The third kappa shape index (κ3) is 6.55. The number of nitrogens with zero attached hydrogens (tertiary/aromatic N) is 2. The lowest BCUT2D eigenvalue weighted by Crippen LogP contribution is -2.43. The van der Waals surface area contributed by atoms with Gasteiger partial charge in [0, 0.05) is 31.9 Å². The van der Waals surface area contributed by atoms with Crippen molar-refractivity contribution in [2.75, 3.05) is 51.3 Å². The first-order valence-electron chi connectivity index (χ1n) is 10.2. The maximum atomic E-state index is 11.8. The Balaban J connectivity index is 1.63. The highest BCUT2D eigenvalue weighted by Gasteiger charge is 2.17. The second kappa shape index (κ2) is 11.1. The Morgan fingerprint density at radius 1 is 1.20 bits per heavy atom. The van der Waals surface area contributed by atoms with Crippen LogP contribution in [0, 0.1) is 6.92 Å². The Morgan fingerprint density at radius 2 is 1.93 bits per heavy atom. The van der Waals surface area contributed by atoms with E-state index in [-0.39, 0.29) is 5.97 Å². The standard InChI is InChI=1S/C22H29N3O4S/c1-3-28-21(26)18-5-7-19(8-6-18)23-22(30)25(16-20-9-4-17(2)29-20)11-10-24-12-14-27-15-13-24/h4-9H,3,10-16H2,1-2H3,(H,23,30). The summed E-state index contributed by atoms with van der Waals surface area (Å²) >= 11 is 5.69. The van der Waals surface area contributed by atoms with Gasteiger partial charge in [-0.3, -0.25) is 4.90 Å². The summed E-state index contributed by atoms with van der Waals surface area (Å²) in [6, 6.07) is 11.1. The molecule has 2 aromatic rings. The van der Waals surface area contributed by atoms with Crippen molar-refractivity contribution in [1.29, 1.82) is 0 Å². The summed E-state index contributed by atoms with van der Waals surface area (Å²) in [5, 5.41) is 3.89. The molecule has 0 atom stereocenters. The van der Waals surface area contributed by atoms with E-state index >= 15 is 0 Å². The maximum Gasteiger partial charge on any atom is 0.338 e. The maximum absolute atomic E-state index is 11.8. The minimum atomic E-state index is -0.327. The molecule has 162 valence electrons. The number of hydrogen-bond acceptors (Lipinski definition) is 6. The van der Waals surface area contributed by atoms with Crippen molar-refractivity contribution in [3.8, 4) is 0 Å². The highest BCUT2D eigenvalue weighted by atomic mass is 32.1. The molecule has 0 aliphatic carbocycles. The van der Waals surface area contributed by atoms with Crippen molar-refractivity contribution < 1.29 is 18.7 Å². The molecular formula is C22H29N3O4S. The molecule has 2 heterocycles. The number of hydrogen-bond donors (Lipinski definition) is 1. The number of nitrogens with one attached hydrogen (secondary N) is 1. The third-order valence-electron chi connectivity index (χ3n) is 4.87. The Morgan fingerprint density at radius 3 is 2.57 bits per heavy atom. The highest BCUT2D eigenvalue weighted by molar-refractivity contribution is 7.80.